The molecule has 1 heterocycles. The van der Waals surface area contributed by atoms with Crippen LogP contribution in [0.15, 0.2) is 36.4 Å². The van der Waals surface area contributed by atoms with Crippen LogP contribution in [0.25, 0.3) is 0 Å². The summed E-state index contributed by atoms with van der Waals surface area (Å²) in [7, 11) is 0. The van der Waals surface area contributed by atoms with Gasteiger partial charge in [0.2, 0.25) is 0 Å². The summed E-state index contributed by atoms with van der Waals surface area (Å²) in [4.78, 5) is 14.2. The quantitative estimate of drug-likeness (QED) is 0.369. The Morgan fingerprint density at radius 3 is 1.85 bits per heavy atom. The van der Waals surface area contributed by atoms with E-state index in [2.05, 4.69) is 5.32 Å². The van der Waals surface area contributed by atoms with Gasteiger partial charge in [-0.1, -0.05) is 13.0 Å². The zero-order valence-corrected chi connectivity index (χ0v) is 21.4. The number of benzene rings is 2. The van der Waals surface area contributed by atoms with E-state index in [1.807, 2.05) is 0 Å². The van der Waals surface area contributed by atoms with E-state index in [0.29, 0.717) is 17.7 Å². The summed E-state index contributed by atoms with van der Waals surface area (Å²) in [5.74, 6) is -0.618. The number of carbonyl (C=O) groups excluding carboxylic acids is 1. The lowest BCUT2D eigenvalue weighted by atomic mass is 9.92. The fourth-order valence-corrected chi connectivity index (χ4v) is 4.56. The molecular formula is C26H27F9N2O2. The van der Waals surface area contributed by atoms with E-state index < -0.39 is 58.9 Å². The van der Waals surface area contributed by atoms with Crippen LogP contribution in [0.3, 0.4) is 0 Å². The minimum absolute atomic E-state index is 0.0175. The summed E-state index contributed by atoms with van der Waals surface area (Å²) in [6.45, 7) is 6.05. The standard InChI is InChI=1S/C26H27F9N2O2/c1-5-20-19(13-36-12-14-8-16(25(30,31)32)10-17(9-14)26(33,34)35)18-7-6-15(24(27,28)29)11-21(18)37(20)22(38)39-23(2,3)4/h6-11,19-20,36H,5,12-13H2,1-4H3. The highest BCUT2D eigenvalue weighted by atomic mass is 19.4. The van der Waals surface area contributed by atoms with E-state index >= 15 is 0 Å². The average Bonchev–Trinajstić information content (AvgIpc) is 3.09. The fourth-order valence-electron chi connectivity index (χ4n) is 4.56. The van der Waals surface area contributed by atoms with Crippen LogP contribution in [0.1, 0.15) is 67.9 Å². The molecule has 1 amide bonds. The Bertz CT molecular complexity index is 1170. The van der Waals surface area contributed by atoms with Crippen LogP contribution in [0.5, 0.6) is 0 Å². The highest BCUT2D eigenvalue weighted by molar-refractivity contribution is 5.92. The summed E-state index contributed by atoms with van der Waals surface area (Å²) in [5, 5.41) is 2.82. The van der Waals surface area contributed by atoms with Gasteiger partial charge in [0.05, 0.1) is 22.4 Å². The summed E-state index contributed by atoms with van der Waals surface area (Å²) in [5.41, 5.74) is -4.77. The first-order valence-corrected chi connectivity index (χ1v) is 11.9. The van der Waals surface area contributed by atoms with Gasteiger partial charge in [-0.05, 0) is 68.7 Å². The molecule has 2 aromatic rings. The maximum Gasteiger partial charge on any atom is 0.416 e. The van der Waals surface area contributed by atoms with Gasteiger partial charge in [-0.25, -0.2) is 4.79 Å². The van der Waals surface area contributed by atoms with Crippen molar-refractivity contribution in [1.82, 2.24) is 5.32 Å². The minimum Gasteiger partial charge on any atom is -0.443 e. The number of nitrogens with zero attached hydrogens (tertiary/aromatic N) is 1. The Morgan fingerprint density at radius 2 is 1.38 bits per heavy atom. The van der Waals surface area contributed by atoms with Gasteiger partial charge in [0.15, 0.2) is 0 Å². The number of anilines is 1. The van der Waals surface area contributed by atoms with E-state index in [-0.39, 0.29) is 36.8 Å². The van der Waals surface area contributed by atoms with Gasteiger partial charge in [-0.15, -0.1) is 0 Å². The van der Waals surface area contributed by atoms with Crippen LogP contribution in [0.2, 0.25) is 0 Å². The lowest BCUT2D eigenvalue weighted by molar-refractivity contribution is -0.143. The first-order chi connectivity index (χ1) is 17.7. The fraction of sp³-hybridized carbons (Fsp3) is 0.500. The van der Waals surface area contributed by atoms with Crippen molar-refractivity contribution in [3.05, 3.63) is 64.2 Å². The molecule has 2 aromatic carbocycles. The Morgan fingerprint density at radius 1 is 0.846 bits per heavy atom. The number of halogens is 9. The summed E-state index contributed by atoms with van der Waals surface area (Å²) in [6.07, 6.45) is -15.3. The first-order valence-electron chi connectivity index (χ1n) is 11.9. The number of amides is 1. The van der Waals surface area contributed by atoms with Crippen LogP contribution < -0.4 is 10.2 Å². The molecule has 0 radical (unpaired) electrons. The van der Waals surface area contributed by atoms with Crippen molar-refractivity contribution in [2.24, 2.45) is 0 Å². The predicted octanol–water partition coefficient (Wildman–Crippen LogP) is 8.15. The molecular weight excluding hydrogens is 543 g/mol. The number of nitrogens with one attached hydrogen (secondary N) is 1. The van der Waals surface area contributed by atoms with Crippen LogP contribution in [0.4, 0.5) is 50.0 Å². The van der Waals surface area contributed by atoms with Crippen molar-refractivity contribution >= 4 is 11.8 Å². The second-order valence-corrected chi connectivity index (χ2v) is 10.2. The van der Waals surface area contributed by atoms with Gasteiger partial charge >= 0.3 is 24.6 Å². The van der Waals surface area contributed by atoms with E-state index in [9.17, 15) is 44.3 Å². The van der Waals surface area contributed by atoms with Gasteiger partial charge in [0.25, 0.3) is 0 Å². The molecule has 0 spiro atoms. The normalized spacial score (nSPS) is 18.3. The molecule has 3 rings (SSSR count). The number of ether oxygens (including phenoxy) is 1. The minimum atomic E-state index is -5.00. The zero-order chi connectivity index (χ0) is 29.6. The van der Waals surface area contributed by atoms with Crippen molar-refractivity contribution in [2.45, 2.75) is 76.8 Å². The van der Waals surface area contributed by atoms with Crippen LogP contribution in [-0.4, -0.2) is 24.3 Å². The second-order valence-electron chi connectivity index (χ2n) is 10.2. The highest BCUT2D eigenvalue weighted by Gasteiger charge is 2.44. The molecule has 1 aliphatic heterocycles. The molecule has 4 nitrogen and oxygen atoms in total. The first kappa shape index (κ1) is 30.6. The Labute approximate surface area is 219 Å². The van der Waals surface area contributed by atoms with Crippen molar-refractivity contribution in [3.63, 3.8) is 0 Å². The van der Waals surface area contributed by atoms with Gasteiger partial charge in [-0.3, -0.25) is 4.90 Å². The van der Waals surface area contributed by atoms with E-state index in [0.717, 1.165) is 17.0 Å². The molecule has 2 atom stereocenters. The molecule has 216 valence electrons. The third-order valence-corrected chi connectivity index (χ3v) is 6.16. The molecule has 0 saturated carbocycles. The van der Waals surface area contributed by atoms with Crippen LogP contribution >= 0.6 is 0 Å². The Kier molecular flexibility index (Phi) is 8.27. The highest BCUT2D eigenvalue weighted by Crippen LogP contribution is 2.45. The van der Waals surface area contributed by atoms with E-state index in [1.165, 1.54) is 6.07 Å². The number of alkyl halides is 9. The largest absolute Gasteiger partial charge is 0.443 e. The lowest BCUT2D eigenvalue weighted by Crippen LogP contribution is -2.43. The molecule has 0 bridgehead atoms. The Balaban J connectivity index is 1.93. The van der Waals surface area contributed by atoms with Gasteiger partial charge in [-0.2, -0.15) is 39.5 Å². The van der Waals surface area contributed by atoms with Gasteiger partial charge in [0.1, 0.15) is 5.60 Å². The van der Waals surface area contributed by atoms with Crippen LogP contribution in [-0.2, 0) is 29.8 Å². The zero-order valence-electron chi connectivity index (χ0n) is 21.4. The lowest BCUT2D eigenvalue weighted by Gasteiger charge is -2.30. The number of rotatable bonds is 5. The van der Waals surface area contributed by atoms with Crippen molar-refractivity contribution in [1.29, 1.82) is 0 Å². The molecule has 0 aliphatic carbocycles. The topological polar surface area (TPSA) is 41.6 Å². The number of hydrogen-bond acceptors (Lipinski definition) is 3. The monoisotopic (exact) mass is 570 g/mol. The maximum atomic E-state index is 13.4. The molecule has 13 heteroatoms. The SMILES string of the molecule is CCC1C(CNCc2cc(C(F)(F)F)cc(C(F)(F)F)c2)c2ccc(C(F)(F)F)cc2N1C(=O)OC(C)(C)C. The van der Waals surface area contributed by atoms with Crippen molar-refractivity contribution in [2.75, 3.05) is 11.4 Å². The van der Waals surface area contributed by atoms with Crippen molar-refractivity contribution < 1.29 is 49.0 Å². The second kappa shape index (κ2) is 10.5. The predicted molar refractivity (Wildman–Crippen MR) is 125 cm³/mol. The molecule has 1 N–H and O–H groups in total. The van der Waals surface area contributed by atoms with Gasteiger partial charge < -0.3 is 10.1 Å². The number of hydrogen-bond donors (Lipinski definition) is 1. The molecule has 0 fully saturated rings. The number of fused-ring (bicyclic) bond motifs is 1. The van der Waals surface area contributed by atoms with E-state index in [1.54, 1.807) is 27.7 Å². The molecule has 0 saturated heterocycles. The Hall–Kier alpha value is -2.96. The maximum absolute atomic E-state index is 13.4. The molecule has 39 heavy (non-hydrogen) atoms. The van der Waals surface area contributed by atoms with Gasteiger partial charge in [0, 0.05) is 25.0 Å². The third kappa shape index (κ3) is 7.17. The van der Waals surface area contributed by atoms with E-state index in [4.69, 9.17) is 4.74 Å². The number of carbonyl (C=O) groups is 1. The average molecular weight is 570 g/mol. The molecule has 1 aliphatic rings. The van der Waals surface area contributed by atoms with Crippen LogP contribution in [0, 0.1) is 0 Å². The summed E-state index contributed by atoms with van der Waals surface area (Å²) >= 11 is 0. The smallest absolute Gasteiger partial charge is 0.416 e. The molecule has 2 unspecified atom stereocenters. The van der Waals surface area contributed by atoms with Crippen molar-refractivity contribution in [3.8, 4) is 0 Å². The third-order valence-electron chi connectivity index (χ3n) is 6.16. The molecule has 0 aromatic heterocycles. The summed E-state index contributed by atoms with van der Waals surface area (Å²) in [6, 6.07) is 3.47. The summed E-state index contributed by atoms with van der Waals surface area (Å²) < 4.78 is 125.